The van der Waals surface area contributed by atoms with Gasteiger partial charge in [0.1, 0.15) is 4.90 Å². The van der Waals surface area contributed by atoms with Gasteiger partial charge in [-0.2, -0.15) is 9.40 Å². The van der Waals surface area contributed by atoms with E-state index >= 15 is 0 Å². The highest BCUT2D eigenvalue weighted by atomic mass is 32.2. The van der Waals surface area contributed by atoms with Crippen LogP contribution in [0.1, 0.15) is 71.1 Å². The Balaban J connectivity index is 1.91. The zero-order chi connectivity index (χ0) is 16.3. The molecule has 2 saturated carbocycles. The highest BCUT2D eigenvalue weighted by Gasteiger charge is 2.38. The van der Waals surface area contributed by atoms with Crippen LogP contribution in [0.25, 0.3) is 0 Å². The van der Waals surface area contributed by atoms with Crippen molar-refractivity contribution in [2.75, 3.05) is 0 Å². The summed E-state index contributed by atoms with van der Waals surface area (Å²) in [6.07, 6.45) is 14.3. The van der Waals surface area contributed by atoms with Crippen LogP contribution in [0.4, 0.5) is 0 Å². The maximum absolute atomic E-state index is 13.3. The minimum atomic E-state index is -3.44. The summed E-state index contributed by atoms with van der Waals surface area (Å²) in [5.74, 6) is 0. The lowest BCUT2D eigenvalue weighted by Gasteiger charge is -2.40. The number of hydrogen-bond donors (Lipinski definition) is 0. The molecule has 6 heteroatoms. The summed E-state index contributed by atoms with van der Waals surface area (Å²) in [5, 5.41) is 4.18. The van der Waals surface area contributed by atoms with Gasteiger partial charge in [-0.05, 0) is 32.6 Å². The molecule has 2 aliphatic carbocycles. The fourth-order valence-electron chi connectivity index (χ4n) is 4.13. The Bertz CT molecular complexity index is 581. The first-order valence-corrected chi connectivity index (χ1v) is 10.6. The van der Waals surface area contributed by atoms with Crippen molar-refractivity contribution in [2.45, 2.75) is 94.7 Å². The van der Waals surface area contributed by atoms with Crippen LogP contribution in [0.5, 0.6) is 0 Å². The van der Waals surface area contributed by atoms with E-state index in [4.69, 9.17) is 0 Å². The average molecular weight is 340 g/mol. The third-order valence-electron chi connectivity index (χ3n) is 5.38. The number of aryl methyl sites for hydroxylation is 1. The highest BCUT2D eigenvalue weighted by molar-refractivity contribution is 7.89. The molecule has 1 aromatic heterocycles. The van der Waals surface area contributed by atoms with E-state index in [2.05, 4.69) is 5.10 Å². The molecule has 130 valence electrons. The van der Waals surface area contributed by atoms with Crippen LogP contribution in [0.2, 0.25) is 0 Å². The van der Waals surface area contributed by atoms with Crippen molar-refractivity contribution in [3.8, 4) is 0 Å². The Labute approximate surface area is 140 Å². The second kappa shape index (κ2) is 7.34. The van der Waals surface area contributed by atoms with Gasteiger partial charge in [-0.25, -0.2) is 8.42 Å². The lowest BCUT2D eigenvalue weighted by Crippen LogP contribution is -2.48. The molecule has 0 atom stereocenters. The molecular weight excluding hydrogens is 310 g/mol. The zero-order valence-corrected chi connectivity index (χ0v) is 15.0. The van der Waals surface area contributed by atoms with E-state index in [-0.39, 0.29) is 12.1 Å². The number of aromatic nitrogens is 2. The van der Waals surface area contributed by atoms with E-state index in [1.807, 2.05) is 11.2 Å². The molecule has 0 amide bonds. The fourth-order valence-corrected chi connectivity index (χ4v) is 6.02. The molecule has 0 aromatic carbocycles. The minimum absolute atomic E-state index is 0.182. The Kier molecular flexibility index (Phi) is 5.42. The molecule has 5 nitrogen and oxygen atoms in total. The van der Waals surface area contributed by atoms with Gasteiger partial charge >= 0.3 is 0 Å². The van der Waals surface area contributed by atoms with Gasteiger partial charge < -0.3 is 0 Å². The summed E-state index contributed by atoms with van der Waals surface area (Å²) in [6.45, 7) is 2.67. The van der Waals surface area contributed by atoms with E-state index in [0.29, 0.717) is 11.4 Å². The summed E-state index contributed by atoms with van der Waals surface area (Å²) >= 11 is 0. The molecule has 2 fully saturated rings. The largest absolute Gasteiger partial charge is 0.272 e. The lowest BCUT2D eigenvalue weighted by molar-refractivity contribution is 0.169. The maximum Gasteiger partial charge on any atom is 0.246 e. The van der Waals surface area contributed by atoms with Crippen LogP contribution >= 0.6 is 0 Å². The van der Waals surface area contributed by atoms with E-state index in [0.717, 1.165) is 51.4 Å². The van der Waals surface area contributed by atoms with E-state index in [1.54, 1.807) is 10.9 Å². The van der Waals surface area contributed by atoms with Gasteiger partial charge in [0.15, 0.2) is 0 Å². The van der Waals surface area contributed by atoms with Gasteiger partial charge in [-0.3, -0.25) is 4.68 Å². The molecule has 0 bridgehead atoms. The Hall–Kier alpha value is -0.880. The molecule has 3 rings (SSSR count). The highest BCUT2D eigenvalue weighted by Crippen LogP contribution is 2.34. The first-order valence-electron chi connectivity index (χ1n) is 9.19. The molecule has 1 aromatic rings. The second-order valence-electron chi connectivity index (χ2n) is 6.95. The van der Waals surface area contributed by atoms with Crippen LogP contribution in [-0.2, 0) is 16.6 Å². The van der Waals surface area contributed by atoms with Gasteiger partial charge in [0.2, 0.25) is 10.0 Å². The van der Waals surface area contributed by atoms with Crippen molar-refractivity contribution in [3.05, 3.63) is 12.4 Å². The Morgan fingerprint density at radius 1 is 1.04 bits per heavy atom. The van der Waals surface area contributed by atoms with Gasteiger partial charge in [0, 0.05) is 24.8 Å². The standard InChI is InChI=1S/C17H29N3O2S/c1-2-19-14-17(13-18-19)23(21,22)20(15-9-5-3-6-10-15)16-11-7-4-8-12-16/h13-16H,2-12H2,1H3. The van der Waals surface area contributed by atoms with Crippen molar-refractivity contribution in [3.63, 3.8) is 0 Å². The molecule has 0 spiro atoms. The summed E-state index contributed by atoms with van der Waals surface area (Å²) in [7, 11) is -3.44. The third kappa shape index (κ3) is 3.63. The molecule has 0 N–H and O–H groups in total. The second-order valence-corrected chi connectivity index (χ2v) is 8.79. The van der Waals surface area contributed by atoms with Gasteiger partial charge in [0.05, 0.1) is 6.20 Å². The number of sulfonamides is 1. The van der Waals surface area contributed by atoms with Crippen LogP contribution in [0, 0.1) is 0 Å². The summed E-state index contributed by atoms with van der Waals surface area (Å²) in [6, 6.07) is 0.364. The quantitative estimate of drug-likeness (QED) is 0.824. The molecule has 0 saturated heterocycles. The molecule has 0 radical (unpaired) electrons. The Morgan fingerprint density at radius 2 is 1.57 bits per heavy atom. The van der Waals surface area contributed by atoms with Crippen molar-refractivity contribution in [1.82, 2.24) is 14.1 Å². The third-order valence-corrected chi connectivity index (χ3v) is 7.34. The van der Waals surface area contributed by atoms with E-state index in [9.17, 15) is 8.42 Å². The van der Waals surface area contributed by atoms with Crippen molar-refractivity contribution in [1.29, 1.82) is 0 Å². The molecule has 2 aliphatic rings. The van der Waals surface area contributed by atoms with Crippen molar-refractivity contribution < 1.29 is 8.42 Å². The topological polar surface area (TPSA) is 55.2 Å². The van der Waals surface area contributed by atoms with Gasteiger partial charge in [-0.1, -0.05) is 38.5 Å². The fraction of sp³-hybridized carbons (Fsp3) is 0.824. The SMILES string of the molecule is CCn1cc(S(=O)(=O)N(C2CCCCC2)C2CCCCC2)cn1. The van der Waals surface area contributed by atoms with Crippen LogP contribution in [-0.4, -0.2) is 34.6 Å². The van der Waals surface area contributed by atoms with Crippen LogP contribution in [0.15, 0.2) is 17.3 Å². The van der Waals surface area contributed by atoms with E-state index < -0.39 is 10.0 Å². The first-order chi connectivity index (χ1) is 11.1. The molecular formula is C17H29N3O2S. The number of hydrogen-bond acceptors (Lipinski definition) is 3. The van der Waals surface area contributed by atoms with Crippen molar-refractivity contribution >= 4 is 10.0 Å². The minimum Gasteiger partial charge on any atom is -0.272 e. The maximum atomic E-state index is 13.3. The first kappa shape index (κ1) is 17.0. The van der Waals surface area contributed by atoms with Crippen molar-refractivity contribution in [2.24, 2.45) is 0 Å². The zero-order valence-electron chi connectivity index (χ0n) is 14.2. The molecule has 0 aliphatic heterocycles. The summed E-state index contributed by atoms with van der Waals surface area (Å²) in [4.78, 5) is 0.371. The molecule has 23 heavy (non-hydrogen) atoms. The normalized spacial score (nSPS) is 21.8. The molecule has 1 heterocycles. The van der Waals surface area contributed by atoms with Crippen LogP contribution in [0.3, 0.4) is 0 Å². The number of nitrogens with zero attached hydrogens (tertiary/aromatic N) is 3. The number of rotatable bonds is 5. The Morgan fingerprint density at radius 3 is 2.00 bits per heavy atom. The van der Waals surface area contributed by atoms with Gasteiger partial charge in [-0.15, -0.1) is 0 Å². The average Bonchev–Trinajstić information content (AvgIpc) is 3.07. The summed E-state index contributed by atoms with van der Waals surface area (Å²) < 4.78 is 30.3. The molecule has 0 unspecified atom stereocenters. The van der Waals surface area contributed by atoms with Gasteiger partial charge in [0.25, 0.3) is 0 Å². The van der Waals surface area contributed by atoms with Crippen LogP contribution < -0.4 is 0 Å². The predicted octanol–water partition coefficient (Wildman–Crippen LogP) is 3.56. The smallest absolute Gasteiger partial charge is 0.246 e. The summed E-state index contributed by atoms with van der Waals surface area (Å²) in [5.41, 5.74) is 0. The predicted molar refractivity (Wildman–Crippen MR) is 90.7 cm³/mol. The van der Waals surface area contributed by atoms with E-state index in [1.165, 1.54) is 19.0 Å². The lowest BCUT2D eigenvalue weighted by atomic mass is 9.91. The monoisotopic (exact) mass is 339 g/mol.